The van der Waals surface area contributed by atoms with Gasteiger partial charge in [0.15, 0.2) is 5.96 Å². The molecule has 0 bridgehead atoms. The second-order valence-corrected chi connectivity index (χ2v) is 7.83. The number of ether oxygens (including phenoxy) is 1. The van der Waals surface area contributed by atoms with Crippen LogP contribution in [-0.4, -0.2) is 75.9 Å². The van der Waals surface area contributed by atoms with Crippen LogP contribution in [0.15, 0.2) is 29.3 Å². The maximum atomic E-state index is 5.41. The standard InChI is InChI=1S/C22H37N5O/c1-3-23-22(24-11-4-5-12-26-14-16-28-17-15-26)25-20-10-13-27(18-20)21-8-6-19(2)7-9-21/h6-9,20H,3-5,10-18H2,1-2H3,(H2,23,24,25). The van der Waals surface area contributed by atoms with Crippen LogP contribution < -0.4 is 15.5 Å². The predicted molar refractivity (Wildman–Crippen MR) is 117 cm³/mol. The Morgan fingerprint density at radius 2 is 1.93 bits per heavy atom. The van der Waals surface area contributed by atoms with E-state index in [9.17, 15) is 0 Å². The van der Waals surface area contributed by atoms with Crippen LogP contribution >= 0.6 is 0 Å². The summed E-state index contributed by atoms with van der Waals surface area (Å²) >= 11 is 0. The van der Waals surface area contributed by atoms with Gasteiger partial charge in [0.05, 0.1) is 13.2 Å². The molecule has 1 aromatic rings. The first-order chi connectivity index (χ1) is 13.7. The van der Waals surface area contributed by atoms with Gasteiger partial charge in [-0.1, -0.05) is 17.7 Å². The zero-order chi connectivity index (χ0) is 19.6. The SMILES string of the molecule is CCNC(=NCCCCN1CCOCC1)NC1CCN(c2ccc(C)cc2)C1. The van der Waals surface area contributed by atoms with E-state index in [4.69, 9.17) is 9.73 Å². The molecular formula is C22H37N5O. The number of hydrogen-bond acceptors (Lipinski definition) is 4. The van der Waals surface area contributed by atoms with Crippen molar-refractivity contribution in [2.45, 2.75) is 39.2 Å². The number of aliphatic imine (C=N–C) groups is 1. The molecule has 2 aliphatic rings. The minimum atomic E-state index is 0.451. The third-order valence-electron chi connectivity index (χ3n) is 5.53. The van der Waals surface area contributed by atoms with Crippen molar-refractivity contribution in [1.29, 1.82) is 0 Å². The zero-order valence-electron chi connectivity index (χ0n) is 17.6. The fourth-order valence-corrected chi connectivity index (χ4v) is 3.84. The first kappa shape index (κ1) is 20.9. The van der Waals surface area contributed by atoms with Crippen LogP contribution in [0.3, 0.4) is 0 Å². The number of unbranched alkanes of at least 4 members (excludes halogenated alkanes) is 1. The Balaban J connectivity index is 1.39. The van der Waals surface area contributed by atoms with Crippen molar-refractivity contribution in [3.05, 3.63) is 29.8 Å². The van der Waals surface area contributed by atoms with Gasteiger partial charge in [-0.05, 0) is 51.8 Å². The lowest BCUT2D eigenvalue weighted by molar-refractivity contribution is 0.0373. The van der Waals surface area contributed by atoms with Gasteiger partial charge in [0, 0.05) is 51.0 Å². The molecule has 1 atom stereocenters. The van der Waals surface area contributed by atoms with E-state index >= 15 is 0 Å². The molecule has 0 spiro atoms. The maximum Gasteiger partial charge on any atom is 0.191 e. The lowest BCUT2D eigenvalue weighted by Gasteiger charge is -2.26. The van der Waals surface area contributed by atoms with Crippen molar-refractivity contribution in [2.75, 3.05) is 63.9 Å². The Morgan fingerprint density at radius 1 is 1.14 bits per heavy atom. The number of hydrogen-bond donors (Lipinski definition) is 2. The van der Waals surface area contributed by atoms with E-state index in [1.807, 2.05) is 0 Å². The van der Waals surface area contributed by atoms with Gasteiger partial charge in [0.1, 0.15) is 0 Å². The summed E-state index contributed by atoms with van der Waals surface area (Å²) in [5.41, 5.74) is 2.63. The first-order valence-corrected chi connectivity index (χ1v) is 10.9. The highest BCUT2D eigenvalue weighted by atomic mass is 16.5. The van der Waals surface area contributed by atoms with E-state index in [2.05, 4.69) is 58.5 Å². The summed E-state index contributed by atoms with van der Waals surface area (Å²) in [5.74, 6) is 0.963. The fourth-order valence-electron chi connectivity index (χ4n) is 3.84. The molecule has 2 heterocycles. The Labute approximate surface area is 170 Å². The lowest BCUT2D eigenvalue weighted by atomic mass is 10.2. The normalized spacial score (nSPS) is 21.1. The molecule has 0 radical (unpaired) electrons. The Bertz CT molecular complexity index is 597. The Kier molecular flexibility index (Phi) is 8.42. The van der Waals surface area contributed by atoms with Crippen LogP contribution in [-0.2, 0) is 4.74 Å². The second-order valence-electron chi connectivity index (χ2n) is 7.83. The van der Waals surface area contributed by atoms with Crippen molar-refractivity contribution in [1.82, 2.24) is 15.5 Å². The number of nitrogens with one attached hydrogen (secondary N) is 2. The van der Waals surface area contributed by atoms with Gasteiger partial charge < -0.3 is 20.3 Å². The fraction of sp³-hybridized carbons (Fsp3) is 0.682. The third-order valence-corrected chi connectivity index (χ3v) is 5.53. The molecule has 156 valence electrons. The summed E-state index contributed by atoms with van der Waals surface area (Å²) in [7, 11) is 0. The van der Waals surface area contributed by atoms with Gasteiger partial charge in [-0.15, -0.1) is 0 Å². The van der Waals surface area contributed by atoms with Crippen LogP contribution in [0.1, 0.15) is 31.7 Å². The van der Waals surface area contributed by atoms with Crippen LogP contribution in [0.4, 0.5) is 5.69 Å². The van der Waals surface area contributed by atoms with Crippen LogP contribution in [0.5, 0.6) is 0 Å². The van der Waals surface area contributed by atoms with Gasteiger partial charge in [-0.25, -0.2) is 0 Å². The summed E-state index contributed by atoms with van der Waals surface area (Å²) in [4.78, 5) is 9.76. The molecule has 2 fully saturated rings. The summed E-state index contributed by atoms with van der Waals surface area (Å²) in [6.07, 6.45) is 3.48. The molecule has 0 aromatic heterocycles. The molecule has 28 heavy (non-hydrogen) atoms. The number of guanidine groups is 1. The molecule has 3 rings (SSSR count). The molecule has 2 N–H and O–H groups in total. The first-order valence-electron chi connectivity index (χ1n) is 10.9. The number of benzene rings is 1. The minimum absolute atomic E-state index is 0.451. The highest BCUT2D eigenvalue weighted by molar-refractivity contribution is 5.80. The van der Waals surface area contributed by atoms with E-state index in [0.717, 1.165) is 77.8 Å². The van der Waals surface area contributed by atoms with Crippen molar-refractivity contribution in [3.63, 3.8) is 0 Å². The molecular weight excluding hydrogens is 350 g/mol. The molecule has 2 saturated heterocycles. The topological polar surface area (TPSA) is 52.1 Å². The lowest BCUT2D eigenvalue weighted by Crippen LogP contribution is -2.44. The van der Waals surface area contributed by atoms with Crippen molar-refractivity contribution in [3.8, 4) is 0 Å². The van der Waals surface area contributed by atoms with Gasteiger partial charge in [-0.3, -0.25) is 9.89 Å². The quantitative estimate of drug-likeness (QED) is 0.407. The smallest absolute Gasteiger partial charge is 0.191 e. The predicted octanol–water partition coefficient (Wildman–Crippen LogP) is 2.24. The van der Waals surface area contributed by atoms with Crippen molar-refractivity contribution < 1.29 is 4.74 Å². The second kappa shape index (κ2) is 11.3. The van der Waals surface area contributed by atoms with Crippen LogP contribution in [0.2, 0.25) is 0 Å². The molecule has 0 aliphatic carbocycles. The van der Waals surface area contributed by atoms with Crippen LogP contribution in [0.25, 0.3) is 0 Å². The van der Waals surface area contributed by atoms with Gasteiger partial charge >= 0.3 is 0 Å². The summed E-state index contributed by atoms with van der Waals surface area (Å²) < 4.78 is 5.41. The number of nitrogens with zero attached hydrogens (tertiary/aromatic N) is 3. The summed E-state index contributed by atoms with van der Waals surface area (Å²) in [5, 5.41) is 7.04. The van der Waals surface area contributed by atoms with E-state index in [1.165, 1.54) is 17.7 Å². The van der Waals surface area contributed by atoms with E-state index in [0.29, 0.717) is 6.04 Å². The molecule has 2 aliphatic heterocycles. The van der Waals surface area contributed by atoms with Crippen molar-refractivity contribution >= 4 is 11.6 Å². The molecule has 6 nitrogen and oxygen atoms in total. The largest absolute Gasteiger partial charge is 0.379 e. The van der Waals surface area contributed by atoms with Crippen LogP contribution in [0, 0.1) is 6.92 Å². The average Bonchev–Trinajstić information content (AvgIpc) is 3.17. The summed E-state index contributed by atoms with van der Waals surface area (Å²) in [6, 6.07) is 9.29. The van der Waals surface area contributed by atoms with Gasteiger partial charge in [0.2, 0.25) is 0 Å². The molecule has 1 aromatic carbocycles. The number of aryl methyl sites for hydroxylation is 1. The van der Waals surface area contributed by atoms with E-state index in [1.54, 1.807) is 0 Å². The summed E-state index contributed by atoms with van der Waals surface area (Å²) in [6.45, 7) is 13.3. The number of rotatable bonds is 8. The zero-order valence-corrected chi connectivity index (χ0v) is 17.6. The molecule has 0 saturated carbocycles. The van der Waals surface area contributed by atoms with E-state index < -0.39 is 0 Å². The number of morpholine rings is 1. The molecule has 6 heteroatoms. The Morgan fingerprint density at radius 3 is 2.68 bits per heavy atom. The van der Waals surface area contributed by atoms with Crippen molar-refractivity contribution in [2.24, 2.45) is 4.99 Å². The van der Waals surface area contributed by atoms with Gasteiger partial charge in [-0.2, -0.15) is 0 Å². The highest BCUT2D eigenvalue weighted by Gasteiger charge is 2.23. The third kappa shape index (κ3) is 6.67. The Hall–Kier alpha value is -1.79. The highest BCUT2D eigenvalue weighted by Crippen LogP contribution is 2.20. The molecule has 1 unspecified atom stereocenters. The van der Waals surface area contributed by atoms with Gasteiger partial charge in [0.25, 0.3) is 0 Å². The van der Waals surface area contributed by atoms with E-state index in [-0.39, 0.29) is 0 Å². The molecule has 0 amide bonds. The monoisotopic (exact) mass is 387 g/mol. The minimum Gasteiger partial charge on any atom is -0.379 e. The number of anilines is 1. The maximum absolute atomic E-state index is 5.41. The average molecular weight is 388 g/mol.